The minimum absolute atomic E-state index is 0.102. The van der Waals surface area contributed by atoms with E-state index in [9.17, 15) is 13.2 Å². The number of carbonyl (C=O) groups is 1. The van der Waals surface area contributed by atoms with Crippen molar-refractivity contribution in [2.45, 2.75) is 30.7 Å². The largest absolute Gasteiger partial charge is 0.331 e. The predicted molar refractivity (Wildman–Crippen MR) is 104 cm³/mol. The minimum Gasteiger partial charge on any atom is -0.331 e. The average molecular weight is 375 g/mol. The lowest BCUT2D eigenvalue weighted by Crippen LogP contribution is -2.32. The van der Waals surface area contributed by atoms with Crippen LogP contribution in [0.3, 0.4) is 0 Å². The summed E-state index contributed by atoms with van der Waals surface area (Å²) in [4.78, 5) is 12.5. The van der Waals surface area contributed by atoms with Gasteiger partial charge in [0.1, 0.15) is 0 Å². The topological polar surface area (TPSA) is 78.5 Å². The quantitative estimate of drug-likeness (QED) is 0.776. The Morgan fingerprint density at radius 2 is 1.77 bits per heavy atom. The van der Waals surface area contributed by atoms with E-state index in [2.05, 4.69) is 17.6 Å². The van der Waals surface area contributed by atoms with Gasteiger partial charge in [-0.1, -0.05) is 49.7 Å². The van der Waals surface area contributed by atoms with Gasteiger partial charge in [0.2, 0.25) is 10.0 Å². The van der Waals surface area contributed by atoms with Crippen LogP contribution in [0.15, 0.2) is 59.5 Å². The first-order valence-electron chi connectivity index (χ1n) is 8.49. The third-order valence-electron chi connectivity index (χ3n) is 3.96. The fraction of sp³-hybridized carbons (Fsp3) is 0.316. The van der Waals surface area contributed by atoms with Crippen molar-refractivity contribution in [3.05, 3.63) is 60.2 Å². The molecule has 6 nitrogen and oxygen atoms in total. The lowest BCUT2D eigenvalue weighted by molar-refractivity contribution is 0.248. The molecule has 26 heavy (non-hydrogen) atoms. The second-order valence-electron chi connectivity index (χ2n) is 6.17. The molecule has 0 unspecified atom stereocenters. The Bertz CT molecular complexity index is 836. The van der Waals surface area contributed by atoms with Crippen molar-refractivity contribution in [2.24, 2.45) is 0 Å². The molecule has 2 rings (SSSR count). The zero-order valence-corrected chi connectivity index (χ0v) is 16.1. The van der Waals surface area contributed by atoms with Crippen LogP contribution in [0.4, 0.5) is 10.5 Å². The van der Waals surface area contributed by atoms with Crippen molar-refractivity contribution < 1.29 is 13.2 Å². The molecule has 0 spiro atoms. The molecule has 1 atom stereocenters. The summed E-state index contributed by atoms with van der Waals surface area (Å²) in [5.41, 5.74) is 1.46. The number of hydrogen-bond donors (Lipinski definition) is 2. The van der Waals surface area contributed by atoms with Gasteiger partial charge in [0.25, 0.3) is 0 Å². The average Bonchev–Trinajstić information content (AvgIpc) is 2.62. The Morgan fingerprint density at radius 3 is 2.38 bits per heavy atom. The number of nitrogens with one attached hydrogen (secondary N) is 2. The second kappa shape index (κ2) is 8.82. The third kappa shape index (κ3) is 5.06. The van der Waals surface area contributed by atoms with Gasteiger partial charge < -0.3 is 10.6 Å². The minimum atomic E-state index is -3.55. The van der Waals surface area contributed by atoms with E-state index in [0.717, 1.165) is 22.7 Å². The van der Waals surface area contributed by atoms with Crippen molar-refractivity contribution >= 4 is 21.7 Å². The fourth-order valence-electron chi connectivity index (χ4n) is 2.57. The molecule has 2 aromatic rings. The molecule has 0 aliphatic heterocycles. The molecule has 0 radical (unpaired) electrons. The monoisotopic (exact) mass is 375 g/mol. The Hall–Kier alpha value is -2.38. The first-order chi connectivity index (χ1) is 12.3. The molecular weight excluding hydrogens is 350 g/mol. The molecule has 0 aromatic heterocycles. The highest BCUT2D eigenvalue weighted by Crippen LogP contribution is 2.20. The van der Waals surface area contributed by atoms with E-state index in [1.807, 2.05) is 30.3 Å². The van der Waals surface area contributed by atoms with Gasteiger partial charge in [0.15, 0.2) is 0 Å². The molecule has 2 amide bonds. The number of sulfonamides is 1. The molecule has 0 bridgehead atoms. The predicted octanol–water partition coefficient (Wildman–Crippen LogP) is 3.60. The maximum Gasteiger partial charge on any atom is 0.319 e. The molecule has 0 aliphatic carbocycles. The van der Waals surface area contributed by atoms with Crippen molar-refractivity contribution in [1.82, 2.24) is 9.62 Å². The highest BCUT2D eigenvalue weighted by Gasteiger charge is 2.18. The molecule has 0 saturated carbocycles. The molecule has 2 aromatic carbocycles. The zero-order valence-electron chi connectivity index (χ0n) is 15.3. The summed E-state index contributed by atoms with van der Waals surface area (Å²) in [6.45, 7) is 2.06. The summed E-state index contributed by atoms with van der Waals surface area (Å²) >= 11 is 0. The van der Waals surface area contributed by atoms with Crippen molar-refractivity contribution in [3.63, 3.8) is 0 Å². The molecule has 7 heteroatoms. The van der Waals surface area contributed by atoms with Gasteiger partial charge in [0, 0.05) is 19.8 Å². The second-order valence-corrected chi connectivity index (χ2v) is 8.32. The zero-order chi connectivity index (χ0) is 19.2. The summed E-state index contributed by atoms with van der Waals surface area (Å²) in [5.74, 6) is 0. The van der Waals surface area contributed by atoms with Crippen LogP contribution in [-0.4, -0.2) is 32.8 Å². The number of amides is 2. The van der Waals surface area contributed by atoms with E-state index in [1.54, 1.807) is 12.1 Å². The highest BCUT2D eigenvalue weighted by molar-refractivity contribution is 7.89. The van der Waals surface area contributed by atoms with Gasteiger partial charge in [-0.2, -0.15) is 0 Å². The lowest BCUT2D eigenvalue weighted by atomic mass is 10.0. The fourth-order valence-corrected chi connectivity index (χ4v) is 3.51. The van der Waals surface area contributed by atoms with Crippen LogP contribution < -0.4 is 10.6 Å². The first kappa shape index (κ1) is 19.9. The summed E-state index contributed by atoms with van der Waals surface area (Å²) in [6, 6.07) is 15.5. The summed E-state index contributed by atoms with van der Waals surface area (Å²) in [5, 5.41) is 5.67. The van der Waals surface area contributed by atoms with Crippen LogP contribution in [0.1, 0.15) is 31.4 Å². The van der Waals surface area contributed by atoms with Gasteiger partial charge in [-0.25, -0.2) is 17.5 Å². The van der Waals surface area contributed by atoms with Gasteiger partial charge in [-0.05, 0) is 30.2 Å². The number of urea groups is 1. The van der Waals surface area contributed by atoms with Crippen LogP contribution in [0.5, 0.6) is 0 Å². The van der Waals surface area contributed by atoms with E-state index in [0.29, 0.717) is 5.69 Å². The van der Waals surface area contributed by atoms with Gasteiger partial charge >= 0.3 is 6.03 Å². The number of carbonyl (C=O) groups excluding carboxylic acids is 1. The molecular formula is C19H25N3O3S. The Labute approximate surface area is 155 Å². The molecule has 0 heterocycles. The van der Waals surface area contributed by atoms with Crippen molar-refractivity contribution in [3.8, 4) is 0 Å². The van der Waals surface area contributed by atoms with Gasteiger partial charge in [0.05, 0.1) is 10.9 Å². The number of benzene rings is 2. The van der Waals surface area contributed by atoms with E-state index in [1.165, 1.54) is 26.2 Å². The Kier molecular flexibility index (Phi) is 6.76. The number of rotatable bonds is 7. The maximum absolute atomic E-state index is 12.4. The first-order valence-corrected chi connectivity index (χ1v) is 9.93. The van der Waals surface area contributed by atoms with E-state index >= 15 is 0 Å². The van der Waals surface area contributed by atoms with Crippen LogP contribution in [0.25, 0.3) is 0 Å². The standard InChI is InChI=1S/C19H25N3O3S/c1-4-9-18(15-10-6-5-7-11-15)21-19(23)20-16-12-8-13-17(14-16)26(24,25)22(2)3/h5-8,10-14,18H,4,9H2,1-3H3,(H2,20,21,23)/t18-/m0/s1. The number of hydrogen-bond acceptors (Lipinski definition) is 3. The smallest absolute Gasteiger partial charge is 0.319 e. The highest BCUT2D eigenvalue weighted by atomic mass is 32.2. The summed E-state index contributed by atoms with van der Waals surface area (Å²) < 4.78 is 25.6. The summed E-state index contributed by atoms with van der Waals surface area (Å²) in [7, 11) is -0.609. The van der Waals surface area contributed by atoms with Gasteiger partial charge in [-0.15, -0.1) is 0 Å². The summed E-state index contributed by atoms with van der Waals surface area (Å²) in [6.07, 6.45) is 1.74. The van der Waals surface area contributed by atoms with Crippen molar-refractivity contribution in [1.29, 1.82) is 0 Å². The molecule has 0 aliphatic rings. The SMILES string of the molecule is CCC[C@H](NC(=O)Nc1cccc(S(=O)(=O)N(C)C)c1)c1ccccc1. The van der Waals surface area contributed by atoms with E-state index in [4.69, 9.17) is 0 Å². The van der Waals surface area contributed by atoms with Crippen LogP contribution in [-0.2, 0) is 10.0 Å². The van der Waals surface area contributed by atoms with Gasteiger partial charge in [-0.3, -0.25) is 0 Å². The maximum atomic E-state index is 12.4. The third-order valence-corrected chi connectivity index (χ3v) is 5.77. The molecule has 140 valence electrons. The van der Waals surface area contributed by atoms with Crippen LogP contribution in [0.2, 0.25) is 0 Å². The lowest BCUT2D eigenvalue weighted by Gasteiger charge is -2.19. The van der Waals surface area contributed by atoms with Crippen LogP contribution >= 0.6 is 0 Å². The van der Waals surface area contributed by atoms with E-state index in [-0.39, 0.29) is 17.0 Å². The molecule has 0 saturated heterocycles. The number of anilines is 1. The molecule has 2 N–H and O–H groups in total. The van der Waals surface area contributed by atoms with E-state index < -0.39 is 10.0 Å². The normalized spacial score (nSPS) is 12.6. The number of nitrogens with zero attached hydrogens (tertiary/aromatic N) is 1. The van der Waals surface area contributed by atoms with Crippen LogP contribution in [0, 0.1) is 0 Å². The Balaban J connectivity index is 2.12. The molecule has 0 fully saturated rings. The van der Waals surface area contributed by atoms with Crippen molar-refractivity contribution in [2.75, 3.05) is 19.4 Å². The Morgan fingerprint density at radius 1 is 1.08 bits per heavy atom.